The van der Waals surface area contributed by atoms with Crippen LogP contribution in [0.15, 0.2) is 65.4 Å². The number of amides is 1. The SMILES string of the molecule is O=C(NC1CCc2nnc(-c3cccnc3)n2CC1)c1cc(-c2ccccc2)on1. The first-order valence-corrected chi connectivity index (χ1v) is 9.93. The third kappa shape index (κ3) is 3.59. The maximum Gasteiger partial charge on any atom is 0.273 e. The second kappa shape index (κ2) is 7.90. The van der Waals surface area contributed by atoms with Crippen molar-refractivity contribution < 1.29 is 9.32 Å². The minimum atomic E-state index is -0.226. The van der Waals surface area contributed by atoms with Crippen molar-refractivity contribution in [1.82, 2.24) is 30.2 Å². The predicted octanol–water partition coefficient (Wildman–Crippen LogP) is 3.13. The Morgan fingerprint density at radius 2 is 1.93 bits per heavy atom. The quantitative estimate of drug-likeness (QED) is 0.565. The van der Waals surface area contributed by atoms with Gasteiger partial charge in [-0.1, -0.05) is 35.5 Å². The van der Waals surface area contributed by atoms with Crippen molar-refractivity contribution in [3.63, 3.8) is 0 Å². The van der Waals surface area contributed by atoms with E-state index < -0.39 is 0 Å². The number of rotatable bonds is 4. The van der Waals surface area contributed by atoms with Gasteiger partial charge in [-0.3, -0.25) is 9.78 Å². The van der Waals surface area contributed by atoms with E-state index in [1.807, 2.05) is 42.5 Å². The van der Waals surface area contributed by atoms with Crippen LogP contribution in [-0.2, 0) is 13.0 Å². The van der Waals surface area contributed by atoms with Gasteiger partial charge in [-0.05, 0) is 25.0 Å². The van der Waals surface area contributed by atoms with E-state index >= 15 is 0 Å². The molecular formula is C22H20N6O2. The van der Waals surface area contributed by atoms with Crippen molar-refractivity contribution in [3.05, 3.63) is 72.4 Å². The zero-order valence-corrected chi connectivity index (χ0v) is 16.2. The van der Waals surface area contributed by atoms with Crippen molar-refractivity contribution in [2.45, 2.75) is 31.8 Å². The van der Waals surface area contributed by atoms with Gasteiger partial charge >= 0.3 is 0 Å². The normalized spacial score (nSPS) is 15.9. The summed E-state index contributed by atoms with van der Waals surface area (Å²) in [6, 6.07) is 15.2. The van der Waals surface area contributed by atoms with Gasteiger partial charge in [-0.15, -0.1) is 10.2 Å². The van der Waals surface area contributed by atoms with Crippen LogP contribution in [0.3, 0.4) is 0 Å². The standard InChI is InChI=1S/C22H20N6O2/c29-22(18-13-19(30-27-18)15-5-2-1-3-6-15)24-17-8-9-20-25-26-21(28(20)12-10-17)16-7-4-11-23-14-16/h1-7,11,13-14,17H,8-10,12H2,(H,24,29). The van der Waals surface area contributed by atoms with Gasteiger partial charge in [-0.25, -0.2) is 0 Å². The summed E-state index contributed by atoms with van der Waals surface area (Å²) in [5.74, 6) is 2.09. The summed E-state index contributed by atoms with van der Waals surface area (Å²) in [5, 5.41) is 15.7. The van der Waals surface area contributed by atoms with Gasteiger partial charge in [0.1, 0.15) is 5.82 Å². The van der Waals surface area contributed by atoms with E-state index in [1.54, 1.807) is 18.5 Å². The van der Waals surface area contributed by atoms with E-state index in [0.29, 0.717) is 5.76 Å². The monoisotopic (exact) mass is 400 g/mol. The Morgan fingerprint density at radius 3 is 2.77 bits per heavy atom. The van der Waals surface area contributed by atoms with Gasteiger partial charge < -0.3 is 14.4 Å². The van der Waals surface area contributed by atoms with Crippen LogP contribution in [-0.4, -0.2) is 36.9 Å². The average molecular weight is 400 g/mol. The largest absolute Gasteiger partial charge is 0.355 e. The van der Waals surface area contributed by atoms with Gasteiger partial charge in [0.2, 0.25) is 0 Å². The molecular weight excluding hydrogens is 380 g/mol. The molecule has 150 valence electrons. The second-order valence-electron chi connectivity index (χ2n) is 7.27. The molecule has 1 aliphatic rings. The number of fused-ring (bicyclic) bond motifs is 1. The molecule has 1 N–H and O–H groups in total. The highest BCUT2D eigenvalue weighted by Crippen LogP contribution is 2.23. The first-order valence-electron chi connectivity index (χ1n) is 9.93. The molecule has 4 heterocycles. The highest BCUT2D eigenvalue weighted by molar-refractivity contribution is 5.93. The highest BCUT2D eigenvalue weighted by atomic mass is 16.5. The first kappa shape index (κ1) is 18.2. The fourth-order valence-electron chi connectivity index (χ4n) is 3.72. The molecule has 0 radical (unpaired) electrons. The Morgan fingerprint density at radius 1 is 1.07 bits per heavy atom. The summed E-state index contributed by atoms with van der Waals surface area (Å²) < 4.78 is 7.47. The molecule has 0 saturated carbocycles. The average Bonchev–Trinajstić information content (AvgIpc) is 3.40. The number of pyridine rings is 1. The maximum atomic E-state index is 12.7. The summed E-state index contributed by atoms with van der Waals surface area (Å²) >= 11 is 0. The van der Waals surface area contributed by atoms with Crippen LogP contribution in [0.5, 0.6) is 0 Å². The number of aryl methyl sites for hydroxylation is 1. The lowest BCUT2D eigenvalue weighted by Gasteiger charge is -2.15. The molecule has 1 atom stereocenters. The van der Waals surface area contributed by atoms with Crippen molar-refractivity contribution >= 4 is 5.91 Å². The smallest absolute Gasteiger partial charge is 0.273 e. The minimum absolute atomic E-state index is 0.0258. The minimum Gasteiger partial charge on any atom is -0.355 e. The topological polar surface area (TPSA) is 98.7 Å². The zero-order chi connectivity index (χ0) is 20.3. The Hall–Kier alpha value is -3.81. The number of carbonyl (C=O) groups excluding carboxylic acids is 1. The molecule has 0 saturated heterocycles. The molecule has 5 rings (SSSR count). The molecule has 1 aromatic carbocycles. The lowest BCUT2D eigenvalue weighted by Crippen LogP contribution is -2.35. The number of benzene rings is 1. The van der Waals surface area contributed by atoms with E-state index in [2.05, 4.69) is 30.2 Å². The molecule has 1 unspecified atom stereocenters. The molecule has 4 aromatic rings. The molecule has 3 aromatic heterocycles. The van der Waals surface area contributed by atoms with Crippen molar-refractivity contribution in [3.8, 4) is 22.7 Å². The lowest BCUT2D eigenvalue weighted by molar-refractivity contribution is 0.0924. The van der Waals surface area contributed by atoms with Crippen LogP contribution in [0.4, 0.5) is 0 Å². The maximum absolute atomic E-state index is 12.7. The van der Waals surface area contributed by atoms with E-state index in [1.165, 1.54) is 0 Å². The van der Waals surface area contributed by atoms with E-state index in [0.717, 1.165) is 48.6 Å². The molecule has 1 amide bonds. The summed E-state index contributed by atoms with van der Waals surface area (Å²) in [4.78, 5) is 16.9. The van der Waals surface area contributed by atoms with Crippen LogP contribution in [0.25, 0.3) is 22.7 Å². The summed E-state index contributed by atoms with van der Waals surface area (Å²) in [5.41, 5.74) is 2.11. The Labute approximate surface area is 173 Å². The number of carbonyl (C=O) groups is 1. The summed E-state index contributed by atoms with van der Waals surface area (Å²) in [7, 11) is 0. The molecule has 30 heavy (non-hydrogen) atoms. The summed E-state index contributed by atoms with van der Waals surface area (Å²) in [6.07, 6.45) is 5.85. The third-order valence-electron chi connectivity index (χ3n) is 5.30. The first-order chi connectivity index (χ1) is 14.8. The number of nitrogens with zero attached hydrogens (tertiary/aromatic N) is 5. The van der Waals surface area contributed by atoms with E-state index in [9.17, 15) is 4.79 Å². The molecule has 8 heteroatoms. The van der Waals surface area contributed by atoms with Crippen molar-refractivity contribution in [2.24, 2.45) is 0 Å². The van der Waals surface area contributed by atoms with Gasteiger partial charge in [0, 0.05) is 48.6 Å². The number of aromatic nitrogens is 5. The summed E-state index contributed by atoms with van der Waals surface area (Å²) in [6.45, 7) is 0.728. The Kier molecular flexibility index (Phi) is 4.80. The van der Waals surface area contributed by atoms with Gasteiger partial charge in [0.15, 0.2) is 17.3 Å². The van der Waals surface area contributed by atoms with Crippen LogP contribution < -0.4 is 5.32 Å². The van der Waals surface area contributed by atoms with Gasteiger partial charge in [0.25, 0.3) is 5.91 Å². The van der Waals surface area contributed by atoms with Gasteiger partial charge in [0.05, 0.1) is 0 Å². The van der Waals surface area contributed by atoms with Crippen LogP contribution in [0.1, 0.15) is 29.2 Å². The van der Waals surface area contributed by atoms with E-state index in [4.69, 9.17) is 4.52 Å². The third-order valence-corrected chi connectivity index (χ3v) is 5.30. The fraction of sp³-hybridized carbons (Fsp3) is 0.227. The van der Waals surface area contributed by atoms with E-state index in [-0.39, 0.29) is 17.6 Å². The molecule has 8 nitrogen and oxygen atoms in total. The van der Waals surface area contributed by atoms with Crippen molar-refractivity contribution in [2.75, 3.05) is 0 Å². The molecule has 1 aliphatic heterocycles. The fourth-order valence-corrected chi connectivity index (χ4v) is 3.72. The molecule has 0 spiro atoms. The zero-order valence-electron chi connectivity index (χ0n) is 16.2. The number of nitrogens with one attached hydrogen (secondary N) is 1. The van der Waals surface area contributed by atoms with Crippen molar-refractivity contribution in [1.29, 1.82) is 0 Å². The Bertz CT molecular complexity index is 1150. The highest BCUT2D eigenvalue weighted by Gasteiger charge is 2.23. The van der Waals surface area contributed by atoms with Crippen LogP contribution in [0.2, 0.25) is 0 Å². The van der Waals surface area contributed by atoms with Crippen LogP contribution >= 0.6 is 0 Å². The molecule has 0 bridgehead atoms. The second-order valence-corrected chi connectivity index (χ2v) is 7.27. The molecule has 0 aliphatic carbocycles. The van der Waals surface area contributed by atoms with Gasteiger partial charge in [-0.2, -0.15) is 0 Å². The number of hydrogen-bond acceptors (Lipinski definition) is 6. The molecule has 0 fully saturated rings. The van der Waals surface area contributed by atoms with Crippen LogP contribution in [0, 0.1) is 0 Å². The Balaban J connectivity index is 1.26. The lowest BCUT2D eigenvalue weighted by atomic mass is 10.1. The number of hydrogen-bond donors (Lipinski definition) is 1. The predicted molar refractivity (Wildman–Crippen MR) is 109 cm³/mol.